The summed E-state index contributed by atoms with van der Waals surface area (Å²) in [7, 11) is -9.57. The predicted octanol–water partition coefficient (Wildman–Crippen LogP) is 1.33. The average Bonchev–Trinajstić information content (AvgIpc) is 2.99. The average molecular weight is 498 g/mol. The molecular formula is C17H14N4O10S2. The lowest BCUT2D eigenvalue weighted by Crippen LogP contribution is -2.17. The third-order valence-electron chi connectivity index (χ3n) is 4.35. The smallest absolute Gasteiger partial charge is 0.298 e. The summed E-state index contributed by atoms with van der Waals surface area (Å²) in [5, 5.41) is 23.8. The van der Waals surface area contributed by atoms with E-state index in [1.165, 1.54) is 19.1 Å². The Hall–Kier alpha value is -3.86. The van der Waals surface area contributed by atoms with Gasteiger partial charge in [-0.25, -0.2) is 4.68 Å². The maximum atomic E-state index is 12.8. The van der Waals surface area contributed by atoms with Crippen LogP contribution in [0.1, 0.15) is 11.3 Å². The molecule has 33 heavy (non-hydrogen) atoms. The van der Waals surface area contributed by atoms with Gasteiger partial charge in [-0.05, 0) is 25.1 Å². The molecule has 0 saturated heterocycles. The number of rotatable bonds is 6. The molecule has 14 nitrogen and oxygen atoms in total. The summed E-state index contributed by atoms with van der Waals surface area (Å²) >= 11 is 0. The number of nitrogens with one attached hydrogen (secondary N) is 1. The number of hydrogen-bond acceptors (Lipinski definition) is 9. The molecular weight excluding hydrogens is 484 g/mol. The van der Waals surface area contributed by atoms with Gasteiger partial charge in [-0.2, -0.15) is 16.8 Å². The zero-order chi connectivity index (χ0) is 24.7. The van der Waals surface area contributed by atoms with Crippen molar-refractivity contribution in [1.29, 1.82) is 0 Å². The number of phenols is 1. The molecule has 0 bridgehead atoms. The highest BCUT2D eigenvalue weighted by molar-refractivity contribution is 7.86. The molecule has 0 aliphatic heterocycles. The molecule has 3 rings (SSSR count). The largest absolute Gasteiger partial charge is 0.504 e. The van der Waals surface area contributed by atoms with E-state index in [0.29, 0.717) is 6.07 Å². The Morgan fingerprint density at radius 3 is 2.36 bits per heavy atom. The van der Waals surface area contributed by atoms with Gasteiger partial charge in [-0.3, -0.25) is 34.1 Å². The summed E-state index contributed by atoms with van der Waals surface area (Å²) in [5.41, 5.74) is -2.02. The molecule has 16 heteroatoms. The number of nitro groups is 1. The highest BCUT2D eigenvalue weighted by Gasteiger charge is 2.24. The number of nitrogens with zero attached hydrogens (tertiary/aromatic N) is 3. The quantitative estimate of drug-likeness (QED) is 0.165. The maximum absolute atomic E-state index is 12.8. The van der Waals surface area contributed by atoms with Crippen LogP contribution in [-0.2, 0) is 20.2 Å². The van der Waals surface area contributed by atoms with Gasteiger partial charge in [-0.1, -0.05) is 6.07 Å². The summed E-state index contributed by atoms with van der Waals surface area (Å²) in [6.07, 6.45) is 0.893. The monoisotopic (exact) mass is 498 g/mol. The van der Waals surface area contributed by atoms with E-state index in [2.05, 4.69) is 10.1 Å². The van der Waals surface area contributed by atoms with Crippen molar-refractivity contribution in [2.24, 2.45) is 4.99 Å². The number of aromatic nitrogens is 2. The van der Waals surface area contributed by atoms with Crippen LogP contribution in [-0.4, -0.2) is 52.0 Å². The SMILES string of the molecule is Cc1[nH]n(-c2cccc(S(=O)(=O)O)c2)c(=O)c1C=Nc1cc([N+](=O)[O-])cc(S(=O)(=O)O)c1O. The second-order valence-electron chi connectivity index (χ2n) is 6.57. The molecule has 174 valence electrons. The summed E-state index contributed by atoms with van der Waals surface area (Å²) < 4.78 is 64.9. The van der Waals surface area contributed by atoms with Crippen molar-refractivity contribution in [2.45, 2.75) is 16.7 Å². The van der Waals surface area contributed by atoms with Gasteiger partial charge in [-0.15, -0.1) is 0 Å². The fourth-order valence-electron chi connectivity index (χ4n) is 2.79. The van der Waals surface area contributed by atoms with Crippen LogP contribution in [0.4, 0.5) is 11.4 Å². The number of hydrogen-bond donors (Lipinski definition) is 4. The van der Waals surface area contributed by atoms with Crippen molar-refractivity contribution in [3.63, 3.8) is 0 Å². The minimum Gasteiger partial charge on any atom is -0.504 e. The molecule has 0 amide bonds. The molecule has 1 heterocycles. The Labute approximate surface area is 185 Å². The summed E-state index contributed by atoms with van der Waals surface area (Å²) in [6.45, 7) is 1.45. The molecule has 4 N–H and O–H groups in total. The van der Waals surface area contributed by atoms with Crippen LogP contribution < -0.4 is 5.56 Å². The van der Waals surface area contributed by atoms with E-state index in [1.807, 2.05) is 0 Å². The van der Waals surface area contributed by atoms with Crippen LogP contribution in [0.15, 0.2) is 56.0 Å². The molecule has 1 aromatic heterocycles. The van der Waals surface area contributed by atoms with Gasteiger partial charge in [0.05, 0.1) is 21.1 Å². The first-order chi connectivity index (χ1) is 15.2. The van der Waals surface area contributed by atoms with Crippen molar-refractivity contribution in [2.75, 3.05) is 0 Å². The Balaban J connectivity index is 2.13. The highest BCUT2D eigenvalue weighted by Crippen LogP contribution is 2.37. The van der Waals surface area contributed by atoms with E-state index in [-0.39, 0.29) is 16.9 Å². The van der Waals surface area contributed by atoms with Crippen molar-refractivity contribution < 1.29 is 36.0 Å². The van der Waals surface area contributed by atoms with E-state index >= 15 is 0 Å². The minimum atomic E-state index is -5.03. The van der Waals surface area contributed by atoms with E-state index < -0.39 is 57.6 Å². The number of aromatic amines is 1. The molecule has 0 atom stereocenters. The molecule has 0 fully saturated rings. The van der Waals surface area contributed by atoms with Gasteiger partial charge < -0.3 is 5.11 Å². The van der Waals surface area contributed by atoms with Gasteiger partial charge >= 0.3 is 0 Å². The molecule has 0 aliphatic rings. The first-order valence-corrected chi connectivity index (χ1v) is 11.5. The van der Waals surface area contributed by atoms with Crippen LogP contribution in [0.3, 0.4) is 0 Å². The number of nitro benzene ring substituents is 1. The van der Waals surface area contributed by atoms with Gasteiger partial charge in [0.15, 0.2) is 5.75 Å². The maximum Gasteiger partial charge on any atom is 0.298 e. The minimum absolute atomic E-state index is 0.0460. The number of H-pyrrole nitrogens is 1. The fraction of sp³-hybridized carbons (Fsp3) is 0.0588. The van der Waals surface area contributed by atoms with E-state index in [1.54, 1.807) is 0 Å². The predicted molar refractivity (Wildman–Crippen MR) is 113 cm³/mol. The Morgan fingerprint density at radius 1 is 1.12 bits per heavy atom. The molecule has 3 aromatic rings. The third-order valence-corrected chi connectivity index (χ3v) is 6.07. The Morgan fingerprint density at radius 2 is 1.79 bits per heavy atom. The van der Waals surface area contributed by atoms with Gasteiger partial charge in [0, 0.05) is 24.0 Å². The van der Waals surface area contributed by atoms with E-state index in [0.717, 1.165) is 29.1 Å². The summed E-state index contributed by atoms with van der Waals surface area (Å²) in [4.78, 5) is 25.0. The number of aliphatic imine (C=N–C) groups is 1. The van der Waals surface area contributed by atoms with Gasteiger partial charge in [0.1, 0.15) is 10.6 Å². The molecule has 0 unspecified atom stereocenters. The first kappa shape index (κ1) is 23.8. The van der Waals surface area contributed by atoms with Crippen molar-refractivity contribution in [1.82, 2.24) is 9.78 Å². The fourth-order valence-corrected chi connectivity index (χ4v) is 3.93. The second-order valence-corrected chi connectivity index (χ2v) is 9.38. The van der Waals surface area contributed by atoms with E-state index in [4.69, 9.17) is 0 Å². The lowest BCUT2D eigenvalue weighted by Gasteiger charge is -2.04. The summed E-state index contributed by atoms with van der Waals surface area (Å²) in [5.74, 6) is -1.08. The van der Waals surface area contributed by atoms with Gasteiger partial charge in [0.25, 0.3) is 31.5 Å². The third kappa shape index (κ3) is 4.82. The molecule has 0 radical (unpaired) electrons. The number of benzene rings is 2. The van der Waals surface area contributed by atoms with Crippen LogP contribution in [0.2, 0.25) is 0 Å². The number of aromatic hydroxyl groups is 1. The van der Waals surface area contributed by atoms with Crippen molar-refractivity contribution in [3.05, 3.63) is 68.1 Å². The van der Waals surface area contributed by atoms with Crippen LogP contribution >= 0.6 is 0 Å². The zero-order valence-corrected chi connectivity index (χ0v) is 18.0. The van der Waals surface area contributed by atoms with Crippen LogP contribution in [0.5, 0.6) is 5.75 Å². The number of phenolic OH excluding ortho intramolecular Hbond substituents is 1. The van der Waals surface area contributed by atoms with E-state index in [9.17, 15) is 46.0 Å². The lowest BCUT2D eigenvalue weighted by atomic mass is 10.2. The molecule has 2 aromatic carbocycles. The second kappa shape index (κ2) is 8.24. The van der Waals surface area contributed by atoms with Crippen molar-refractivity contribution >= 4 is 37.8 Å². The number of non-ortho nitro benzene ring substituents is 1. The normalized spacial score (nSPS) is 12.3. The topological polar surface area (TPSA) is 222 Å². The highest BCUT2D eigenvalue weighted by atomic mass is 32.2. The molecule has 0 aliphatic carbocycles. The zero-order valence-electron chi connectivity index (χ0n) is 16.4. The standard InChI is InChI=1S/C17H14N4O10S2/c1-9-13(17(23)20(19-9)10-3-2-4-12(5-10)32(26,27)28)8-18-14-6-11(21(24)25)7-15(16(14)22)33(29,30)31/h2-8,19,22H,1H3,(H,26,27,28)(H,29,30,31). The Kier molecular flexibility index (Phi) is 5.95. The number of aryl methyl sites for hydroxylation is 1. The Bertz CT molecular complexity index is 1580. The summed E-state index contributed by atoms with van der Waals surface area (Å²) in [6, 6.07) is 5.97. The lowest BCUT2D eigenvalue weighted by molar-refractivity contribution is -0.385. The van der Waals surface area contributed by atoms with Crippen LogP contribution in [0.25, 0.3) is 5.69 Å². The van der Waals surface area contributed by atoms with Crippen molar-refractivity contribution in [3.8, 4) is 11.4 Å². The van der Waals surface area contributed by atoms with Crippen LogP contribution in [0, 0.1) is 17.0 Å². The molecule has 0 spiro atoms. The molecule has 0 saturated carbocycles. The van der Waals surface area contributed by atoms with Gasteiger partial charge in [0.2, 0.25) is 0 Å². The first-order valence-electron chi connectivity index (χ1n) is 8.62.